The Morgan fingerprint density at radius 1 is 1.08 bits per heavy atom. The molecule has 1 fully saturated rings. The van der Waals surface area contributed by atoms with Gasteiger partial charge < -0.3 is 4.48 Å². The van der Waals surface area contributed by atoms with E-state index in [1.54, 1.807) is 0 Å². The van der Waals surface area contributed by atoms with Crippen LogP contribution in [0.1, 0.15) is 32.1 Å². The third-order valence-corrected chi connectivity index (χ3v) is 3.32. The lowest BCUT2D eigenvalue weighted by Crippen LogP contribution is -2.41. The molecule has 0 bridgehead atoms. The summed E-state index contributed by atoms with van der Waals surface area (Å²) in [4.78, 5) is 0. The third kappa shape index (κ3) is 3.36. The van der Waals surface area contributed by atoms with Crippen molar-refractivity contribution in [1.82, 2.24) is 0 Å². The monoisotopic (exact) mass is 188 g/mol. The van der Waals surface area contributed by atoms with E-state index in [4.69, 9.17) is 0 Å². The maximum absolute atomic E-state index is 4.22. The van der Waals surface area contributed by atoms with Gasteiger partial charge in [0.15, 0.2) is 0 Å². The molecule has 0 aromatic rings. The number of hydrogen-bond donors (Lipinski definition) is 1. The summed E-state index contributed by atoms with van der Waals surface area (Å²) < 4.78 is 1.34. The van der Waals surface area contributed by atoms with Gasteiger partial charge in [-0.15, -0.1) is 0 Å². The summed E-state index contributed by atoms with van der Waals surface area (Å²) in [7, 11) is 2.41. The lowest BCUT2D eigenvalue weighted by atomic mass is 10.2. The molecule has 1 aliphatic rings. The van der Waals surface area contributed by atoms with Crippen molar-refractivity contribution < 1.29 is 4.48 Å². The highest BCUT2D eigenvalue weighted by molar-refractivity contribution is 7.80. The molecular formula is C10H22NS+. The summed E-state index contributed by atoms with van der Waals surface area (Å²) >= 11 is 4.22. The Bertz CT molecular complexity index is 119. The maximum atomic E-state index is 4.22. The molecule has 0 amide bonds. The SMILES string of the molecule is C[N+]1(CCCCCS)CCCC1. The molecule has 0 aromatic carbocycles. The Balaban J connectivity index is 2.05. The van der Waals surface area contributed by atoms with Gasteiger partial charge >= 0.3 is 0 Å². The van der Waals surface area contributed by atoms with E-state index in [0.29, 0.717) is 0 Å². The second-order valence-electron chi connectivity index (χ2n) is 4.28. The van der Waals surface area contributed by atoms with E-state index < -0.39 is 0 Å². The Morgan fingerprint density at radius 3 is 2.33 bits per heavy atom. The summed E-state index contributed by atoms with van der Waals surface area (Å²) in [6.07, 6.45) is 6.96. The van der Waals surface area contributed by atoms with Gasteiger partial charge in [-0.2, -0.15) is 12.6 Å². The summed E-state index contributed by atoms with van der Waals surface area (Å²) in [6.45, 7) is 4.23. The minimum absolute atomic E-state index is 1.06. The van der Waals surface area contributed by atoms with Gasteiger partial charge in [-0.3, -0.25) is 0 Å². The number of thiol groups is 1. The highest BCUT2D eigenvalue weighted by Gasteiger charge is 2.25. The van der Waals surface area contributed by atoms with Gasteiger partial charge in [0.1, 0.15) is 0 Å². The topological polar surface area (TPSA) is 0 Å². The zero-order valence-corrected chi connectivity index (χ0v) is 9.15. The normalized spacial score (nSPS) is 21.5. The van der Waals surface area contributed by atoms with Gasteiger partial charge in [0.25, 0.3) is 0 Å². The van der Waals surface area contributed by atoms with Crippen LogP contribution in [-0.4, -0.2) is 36.9 Å². The molecule has 1 aliphatic heterocycles. The van der Waals surface area contributed by atoms with E-state index in [2.05, 4.69) is 19.7 Å². The molecule has 0 unspecified atom stereocenters. The van der Waals surface area contributed by atoms with Crippen molar-refractivity contribution in [2.45, 2.75) is 32.1 Å². The second kappa shape index (κ2) is 5.13. The molecule has 1 heterocycles. The van der Waals surface area contributed by atoms with Crippen molar-refractivity contribution in [2.24, 2.45) is 0 Å². The van der Waals surface area contributed by atoms with E-state index in [-0.39, 0.29) is 0 Å². The fourth-order valence-electron chi connectivity index (χ4n) is 2.10. The second-order valence-corrected chi connectivity index (χ2v) is 4.73. The molecule has 1 saturated heterocycles. The number of rotatable bonds is 5. The quantitative estimate of drug-likeness (QED) is 0.382. The molecule has 0 N–H and O–H groups in total. The zero-order valence-electron chi connectivity index (χ0n) is 8.26. The van der Waals surface area contributed by atoms with Gasteiger partial charge in [-0.1, -0.05) is 0 Å². The number of quaternary nitrogens is 1. The van der Waals surface area contributed by atoms with Crippen molar-refractivity contribution in [2.75, 3.05) is 32.4 Å². The van der Waals surface area contributed by atoms with E-state index in [0.717, 1.165) is 5.75 Å². The molecule has 0 spiro atoms. The Morgan fingerprint density at radius 2 is 1.75 bits per heavy atom. The molecular weight excluding hydrogens is 166 g/mol. The van der Waals surface area contributed by atoms with Crippen LogP contribution in [0.3, 0.4) is 0 Å². The number of likely N-dealkylation sites (tertiary alicyclic amines) is 1. The number of hydrogen-bond acceptors (Lipinski definition) is 1. The van der Waals surface area contributed by atoms with Crippen LogP contribution in [0.5, 0.6) is 0 Å². The molecule has 0 aromatic heterocycles. The molecule has 12 heavy (non-hydrogen) atoms. The van der Waals surface area contributed by atoms with Crippen molar-refractivity contribution in [3.8, 4) is 0 Å². The minimum Gasteiger partial charge on any atom is -0.326 e. The summed E-state index contributed by atoms with van der Waals surface area (Å²) in [5, 5.41) is 0. The van der Waals surface area contributed by atoms with E-state index in [1.165, 1.54) is 56.2 Å². The molecule has 0 radical (unpaired) electrons. The van der Waals surface area contributed by atoms with Gasteiger partial charge in [-0.25, -0.2) is 0 Å². The van der Waals surface area contributed by atoms with E-state index >= 15 is 0 Å². The average Bonchev–Trinajstić information content (AvgIpc) is 2.47. The molecule has 2 heteroatoms. The zero-order chi connectivity index (χ0) is 8.86. The maximum Gasteiger partial charge on any atom is 0.0786 e. The van der Waals surface area contributed by atoms with Crippen molar-refractivity contribution in [3.63, 3.8) is 0 Å². The first-order valence-electron chi connectivity index (χ1n) is 5.21. The van der Waals surface area contributed by atoms with Crippen LogP contribution in [0.4, 0.5) is 0 Å². The first-order valence-corrected chi connectivity index (χ1v) is 5.84. The van der Waals surface area contributed by atoms with Crippen LogP contribution in [0.15, 0.2) is 0 Å². The molecule has 0 aliphatic carbocycles. The van der Waals surface area contributed by atoms with Gasteiger partial charge in [0.05, 0.1) is 26.7 Å². The smallest absolute Gasteiger partial charge is 0.0786 e. The lowest BCUT2D eigenvalue weighted by Gasteiger charge is -2.29. The molecule has 0 atom stereocenters. The van der Waals surface area contributed by atoms with Crippen LogP contribution < -0.4 is 0 Å². The Hall–Kier alpha value is 0.310. The van der Waals surface area contributed by atoms with Gasteiger partial charge in [0.2, 0.25) is 0 Å². The Labute approximate surface area is 82.1 Å². The summed E-state index contributed by atoms with van der Waals surface area (Å²) in [5.41, 5.74) is 0. The van der Waals surface area contributed by atoms with Crippen LogP contribution in [0.25, 0.3) is 0 Å². The predicted octanol–water partition coefficient (Wildman–Crippen LogP) is 2.33. The van der Waals surface area contributed by atoms with Crippen LogP contribution in [-0.2, 0) is 0 Å². The molecule has 72 valence electrons. The van der Waals surface area contributed by atoms with Crippen molar-refractivity contribution >= 4 is 12.6 Å². The average molecular weight is 188 g/mol. The summed E-state index contributed by atoms with van der Waals surface area (Å²) in [5.74, 6) is 1.06. The van der Waals surface area contributed by atoms with Gasteiger partial charge in [-0.05, 0) is 25.0 Å². The van der Waals surface area contributed by atoms with Crippen molar-refractivity contribution in [1.29, 1.82) is 0 Å². The van der Waals surface area contributed by atoms with Crippen molar-refractivity contribution in [3.05, 3.63) is 0 Å². The van der Waals surface area contributed by atoms with Crippen LogP contribution >= 0.6 is 12.6 Å². The van der Waals surface area contributed by atoms with Gasteiger partial charge in [0, 0.05) is 12.8 Å². The van der Waals surface area contributed by atoms with E-state index in [1.807, 2.05) is 0 Å². The molecule has 0 saturated carbocycles. The highest BCUT2D eigenvalue weighted by atomic mass is 32.1. The summed E-state index contributed by atoms with van der Waals surface area (Å²) in [6, 6.07) is 0. The minimum atomic E-state index is 1.06. The fraction of sp³-hybridized carbons (Fsp3) is 1.00. The highest BCUT2D eigenvalue weighted by Crippen LogP contribution is 2.17. The number of nitrogens with zero attached hydrogens (tertiary/aromatic N) is 1. The number of unbranched alkanes of at least 4 members (excludes halogenated alkanes) is 2. The Kier molecular flexibility index (Phi) is 4.44. The van der Waals surface area contributed by atoms with Crippen LogP contribution in [0.2, 0.25) is 0 Å². The van der Waals surface area contributed by atoms with Crippen LogP contribution in [0, 0.1) is 0 Å². The third-order valence-electron chi connectivity index (χ3n) is 3.00. The predicted molar refractivity (Wildman–Crippen MR) is 57.7 cm³/mol. The standard InChI is InChI=1S/C10H21NS/c1-11(8-4-5-9-11)7-3-2-6-10-12/h2-10H2,1H3/p+1. The van der Waals surface area contributed by atoms with E-state index in [9.17, 15) is 0 Å². The lowest BCUT2D eigenvalue weighted by molar-refractivity contribution is -0.897. The largest absolute Gasteiger partial charge is 0.326 e. The molecule has 1 rings (SSSR count). The fourth-order valence-corrected chi connectivity index (χ4v) is 2.33. The first kappa shape index (κ1) is 10.4. The molecule has 1 nitrogen and oxygen atoms in total. The first-order chi connectivity index (χ1) is 5.77.